The molecule has 2 aliphatic carbocycles. The van der Waals surface area contributed by atoms with Crippen molar-refractivity contribution < 1.29 is 0 Å². The van der Waals surface area contributed by atoms with Gasteiger partial charge in [-0.2, -0.15) is 0 Å². The monoisotopic (exact) mass is 308 g/mol. The van der Waals surface area contributed by atoms with Crippen molar-refractivity contribution in [3.63, 3.8) is 0 Å². The lowest BCUT2D eigenvalue weighted by atomic mass is 9.78. The molecular weight excluding hydrogens is 276 g/mol. The molecule has 1 heterocycles. The van der Waals surface area contributed by atoms with Gasteiger partial charge in [0.2, 0.25) is 0 Å². The smallest absolute Gasteiger partial charge is 0.157 e. The summed E-state index contributed by atoms with van der Waals surface area (Å²) in [6.45, 7) is 4.73. The van der Waals surface area contributed by atoms with E-state index in [4.69, 9.17) is 4.99 Å². The Morgan fingerprint density at radius 2 is 2.05 bits per heavy atom. The van der Waals surface area contributed by atoms with Gasteiger partial charge in [0.05, 0.1) is 6.04 Å². The Morgan fingerprint density at radius 3 is 2.76 bits per heavy atom. The van der Waals surface area contributed by atoms with Crippen LogP contribution in [0.25, 0.3) is 0 Å². The topological polar surface area (TPSA) is 24.4 Å². The highest BCUT2D eigenvalue weighted by Crippen LogP contribution is 2.39. The summed E-state index contributed by atoms with van der Waals surface area (Å²) in [6.07, 6.45) is 13.7. The Kier molecular flexibility index (Phi) is 5.19. The fourth-order valence-corrected chi connectivity index (χ4v) is 5.88. The number of nitrogens with zero attached hydrogens (tertiary/aromatic N) is 1. The van der Waals surface area contributed by atoms with Crippen molar-refractivity contribution >= 4 is 16.9 Å². The SMILES string of the molecule is CCCC1CCC(N=C2NC3(CCCC(C)C3)CS2)CC1. The van der Waals surface area contributed by atoms with Crippen LogP contribution in [0.5, 0.6) is 0 Å². The number of rotatable bonds is 3. The number of hydrogen-bond acceptors (Lipinski definition) is 2. The van der Waals surface area contributed by atoms with Gasteiger partial charge in [-0.3, -0.25) is 4.99 Å². The Hall–Kier alpha value is -0.180. The minimum Gasteiger partial charge on any atom is -0.359 e. The third-order valence-electron chi connectivity index (χ3n) is 5.76. The van der Waals surface area contributed by atoms with Crippen LogP contribution < -0.4 is 5.32 Å². The minimum absolute atomic E-state index is 0.389. The van der Waals surface area contributed by atoms with Crippen molar-refractivity contribution in [3.05, 3.63) is 0 Å². The van der Waals surface area contributed by atoms with Crippen molar-refractivity contribution in [1.29, 1.82) is 0 Å². The maximum Gasteiger partial charge on any atom is 0.157 e. The lowest BCUT2D eigenvalue weighted by Crippen LogP contribution is -2.47. The van der Waals surface area contributed by atoms with Crippen molar-refractivity contribution in [2.24, 2.45) is 16.8 Å². The summed E-state index contributed by atoms with van der Waals surface area (Å²) in [7, 11) is 0. The van der Waals surface area contributed by atoms with Crippen LogP contribution in [0.1, 0.15) is 78.1 Å². The molecule has 3 heteroatoms. The highest BCUT2D eigenvalue weighted by atomic mass is 32.2. The summed E-state index contributed by atoms with van der Waals surface area (Å²) in [6, 6.07) is 0.601. The number of hydrogen-bond donors (Lipinski definition) is 1. The highest BCUT2D eigenvalue weighted by Gasteiger charge is 2.40. The van der Waals surface area contributed by atoms with Gasteiger partial charge >= 0.3 is 0 Å². The van der Waals surface area contributed by atoms with Gasteiger partial charge in [-0.25, -0.2) is 0 Å². The van der Waals surface area contributed by atoms with Crippen molar-refractivity contribution in [3.8, 4) is 0 Å². The standard InChI is InChI=1S/C18H32N2S/c1-3-5-15-7-9-16(10-8-15)19-17-20-18(13-21-17)11-4-6-14(2)12-18/h14-16H,3-13H2,1-2H3,(H,19,20). The molecule has 2 unspecified atom stereocenters. The molecule has 0 aromatic heterocycles. The molecule has 0 aromatic rings. The van der Waals surface area contributed by atoms with Gasteiger partial charge in [0, 0.05) is 11.3 Å². The van der Waals surface area contributed by atoms with Crippen LogP contribution in [0.2, 0.25) is 0 Å². The van der Waals surface area contributed by atoms with E-state index in [2.05, 4.69) is 19.2 Å². The molecule has 1 aliphatic heterocycles. The molecule has 1 spiro atoms. The van der Waals surface area contributed by atoms with Gasteiger partial charge in [0.15, 0.2) is 5.17 Å². The zero-order valence-electron chi connectivity index (χ0n) is 13.9. The first kappa shape index (κ1) is 15.7. The molecule has 3 rings (SSSR count). The van der Waals surface area contributed by atoms with Crippen LogP contribution >= 0.6 is 11.8 Å². The van der Waals surface area contributed by atoms with E-state index in [1.807, 2.05) is 11.8 Å². The first-order chi connectivity index (χ1) is 10.2. The van der Waals surface area contributed by atoms with Gasteiger partial charge in [0.1, 0.15) is 0 Å². The van der Waals surface area contributed by atoms with Gasteiger partial charge < -0.3 is 5.32 Å². The predicted molar refractivity (Wildman–Crippen MR) is 94.0 cm³/mol. The van der Waals surface area contributed by atoms with E-state index in [0.717, 1.165) is 11.8 Å². The molecule has 2 nitrogen and oxygen atoms in total. The van der Waals surface area contributed by atoms with E-state index < -0.39 is 0 Å². The van der Waals surface area contributed by atoms with Crippen molar-refractivity contribution in [2.75, 3.05) is 5.75 Å². The first-order valence-corrected chi connectivity index (χ1v) is 10.2. The van der Waals surface area contributed by atoms with Crippen molar-refractivity contribution in [2.45, 2.75) is 89.6 Å². The molecule has 21 heavy (non-hydrogen) atoms. The van der Waals surface area contributed by atoms with E-state index in [9.17, 15) is 0 Å². The molecule has 0 aromatic carbocycles. The molecule has 0 amide bonds. The summed E-state index contributed by atoms with van der Waals surface area (Å²) in [5, 5.41) is 5.10. The van der Waals surface area contributed by atoms with Gasteiger partial charge in [0.25, 0.3) is 0 Å². The molecule has 120 valence electrons. The third-order valence-corrected chi connectivity index (χ3v) is 6.94. The number of thioether (sulfide) groups is 1. The van der Waals surface area contributed by atoms with E-state index in [1.165, 1.54) is 75.1 Å². The summed E-state index contributed by atoms with van der Waals surface area (Å²) >= 11 is 1.99. The largest absolute Gasteiger partial charge is 0.359 e. The molecule has 0 radical (unpaired) electrons. The summed E-state index contributed by atoms with van der Waals surface area (Å²) in [5.74, 6) is 3.12. The quantitative estimate of drug-likeness (QED) is 0.794. The van der Waals surface area contributed by atoms with Gasteiger partial charge in [-0.15, -0.1) is 0 Å². The number of amidine groups is 1. The third kappa shape index (κ3) is 3.97. The van der Waals surface area contributed by atoms with E-state index in [0.29, 0.717) is 11.6 Å². The van der Waals surface area contributed by atoms with Crippen LogP contribution in [0, 0.1) is 11.8 Å². The normalized spacial score (nSPS) is 42.4. The van der Waals surface area contributed by atoms with Crippen LogP contribution in [0.4, 0.5) is 0 Å². The van der Waals surface area contributed by atoms with Gasteiger partial charge in [-0.1, -0.05) is 51.3 Å². The zero-order chi connectivity index (χ0) is 14.7. The molecule has 3 aliphatic rings. The average molecular weight is 309 g/mol. The van der Waals surface area contributed by atoms with Crippen molar-refractivity contribution in [1.82, 2.24) is 5.32 Å². The predicted octanol–water partition coefficient (Wildman–Crippen LogP) is 4.99. The molecule has 1 saturated heterocycles. The Morgan fingerprint density at radius 1 is 1.24 bits per heavy atom. The van der Waals surface area contributed by atoms with E-state index in [1.54, 1.807) is 0 Å². The second kappa shape index (κ2) is 6.93. The lowest BCUT2D eigenvalue weighted by Gasteiger charge is -2.36. The molecule has 2 saturated carbocycles. The molecule has 3 fully saturated rings. The van der Waals surface area contributed by atoms with Crippen LogP contribution in [0.15, 0.2) is 4.99 Å². The second-order valence-corrected chi connectivity index (χ2v) is 8.76. The van der Waals surface area contributed by atoms with E-state index in [-0.39, 0.29) is 0 Å². The maximum absolute atomic E-state index is 5.07. The minimum atomic E-state index is 0.389. The maximum atomic E-state index is 5.07. The van der Waals surface area contributed by atoms with E-state index >= 15 is 0 Å². The average Bonchev–Trinajstić information content (AvgIpc) is 2.83. The van der Waals surface area contributed by atoms with Crippen LogP contribution in [-0.4, -0.2) is 22.5 Å². The Balaban J connectivity index is 1.52. The highest BCUT2D eigenvalue weighted by molar-refractivity contribution is 8.14. The second-order valence-electron chi connectivity index (χ2n) is 7.79. The van der Waals surface area contributed by atoms with Gasteiger partial charge in [-0.05, 0) is 50.4 Å². The Bertz CT molecular complexity index is 373. The summed E-state index contributed by atoms with van der Waals surface area (Å²) < 4.78 is 0. The summed E-state index contributed by atoms with van der Waals surface area (Å²) in [4.78, 5) is 5.07. The molecule has 1 N–H and O–H groups in total. The fourth-order valence-electron chi connectivity index (χ4n) is 4.62. The van der Waals surface area contributed by atoms with Crippen LogP contribution in [-0.2, 0) is 0 Å². The fraction of sp³-hybridized carbons (Fsp3) is 0.944. The summed E-state index contributed by atoms with van der Waals surface area (Å²) in [5.41, 5.74) is 0.389. The number of nitrogens with one attached hydrogen (secondary N) is 1. The molecular formula is C18H32N2S. The first-order valence-electron chi connectivity index (χ1n) is 9.18. The molecule has 2 atom stereocenters. The molecule has 0 bridgehead atoms. The zero-order valence-corrected chi connectivity index (χ0v) is 14.7. The Labute approximate surface area is 134 Å². The van der Waals surface area contributed by atoms with Crippen LogP contribution in [0.3, 0.4) is 0 Å². The number of aliphatic imine (C=N–C) groups is 1. The lowest BCUT2D eigenvalue weighted by molar-refractivity contribution is 0.242.